The molecule has 42 heavy (non-hydrogen) atoms. The highest BCUT2D eigenvalue weighted by molar-refractivity contribution is 5.66. The maximum Gasteiger partial charge on any atom is 0.303 e. The monoisotopic (exact) mass is 652 g/mol. The maximum atomic E-state index is 12.6. The van der Waals surface area contributed by atoms with Gasteiger partial charge in [-0.05, 0) is 93.8 Å². The number of likely N-dealkylation sites (N-methyl/N-ethyl adjacent to an activating group) is 1. The molecule has 7 nitrogen and oxygen atoms in total. The first kappa shape index (κ1) is 32.7. The lowest BCUT2D eigenvalue weighted by Gasteiger charge is -2.62. The number of hydrogen-bond donors (Lipinski definition) is 0. The lowest BCUT2D eigenvalue weighted by atomic mass is 9.44. The molecule has 6 fully saturated rings. The van der Waals surface area contributed by atoms with Crippen molar-refractivity contribution in [1.29, 1.82) is 0 Å². The zero-order chi connectivity index (χ0) is 29.0. The van der Waals surface area contributed by atoms with Gasteiger partial charge in [-0.3, -0.25) is 14.5 Å². The van der Waals surface area contributed by atoms with Crippen LogP contribution in [0.15, 0.2) is 0 Å². The third-order valence-electron chi connectivity index (χ3n) is 13.8. The van der Waals surface area contributed by atoms with Crippen molar-refractivity contribution in [2.24, 2.45) is 34.5 Å². The molecule has 6 rings (SSSR count). The van der Waals surface area contributed by atoms with E-state index in [2.05, 4.69) is 25.7 Å². The topological polar surface area (TPSA) is 65.1 Å². The lowest BCUT2D eigenvalue weighted by Crippen LogP contribution is -3.00. The molecule has 0 amide bonds. The first-order valence-corrected chi connectivity index (χ1v) is 17.1. The minimum atomic E-state index is -0.141. The molecular weight excluding hydrogens is 596 g/mol. The fourth-order valence-corrected chi connectivity index (χ4v) is 11.8. The summed E-state index contributed by atoms with van der Waals surface area (Å²) in [6.45, 7) is 17.7. The molecule has 0 spiro atoms. The number of ether oxygens (including phenoxy) is 3. The molecule has 0 bridgehead atoms. The Morgan fingerprint density at radius 3 is 2.24 bits per heavy atom. The number of esters is 2. The average molecular weight is 654 g/mol. The van der Waals surface area contributed by atoms with Crippen molar-refractivity contribution in [3.05, 3.63) is 0 Å². The van der Waals surface area contributed by atoms with Crippen molar-refractivity contribution in [1.82, 2.24) is 4.90 Å². The highest BCUT2D eigenvalue weighted by Crippen LogP contribution is 2.67. The zero-order valence-electron chi connectivity index (χ0n) is 27.0. The summed E-state index contributed by atoms with van der Waals surface area (Å²) in [7, 11) is 0. The number of halogens is 1. The summed E-state index contributed by atoms with van der Waals surface area (Å²) in [6.07, 6.45) is 12.2. The molecule has 240 valence electrons. The van der Waals surface area contributed by atoms with Gasteiger partial charge in [0.05, 0.1) is 32.8 Å². The third kappa shape index (κ3) is 5.51. The van der Waals surface area contributed by atoms with Crippen LogP contribution >= 0.6 is 0 Å². The van der Waals surface area contributed by atoms with Gasteiger partial charge in [0.1, 0.15) is 12.1 Å². The molecule has 0 aromatic rings. The van der Waals surface area contributed by atoms with E-state index in [9.17, 15) is 9.59 Å². The van der Waals surface area contributed by atoms with Crippen LogP contribution in [-0.2, 0) is 23.8 Å². The normalized spacial score (nSPS) is 45.0. The second kappa shape index (κ2) is 12.6. The Morgan fingerprint density at radius 1 is 0.905 bits per heavy atom. The summed E-state index contributed by atoms with van der Waals surface area (Å²) in [5, 5.41) is 0. The van der Waals surface area contributed by atoms with Crippen LogP contribution in [0.1, 0.15) is 98.8 Å². The minimum Gasteiger partial charge on any atom is -1.00 e. The summed E-state index contributed by atoms with van der Waals surface area (Å²) in [4.78, 5) is 27.3. The minimum absolute atomic E-state index is 0. The van der Waals surface area contributed by atoms with Crippen LogP contribution in [0.5, 0.6) is 0 Å². The van der Waals surface area contributed by atoms with Crippen molar-refractivity contribution in [2.45, 2.75) is 123 Å². The Labute approximate surface area is 265 Å². The van der Waals surface area contributed by atoms with Crippen LogP contribution in [0.4, 0.5) is 0 Å². The SMILES string of the molecule is CC[N+]1(C2C[C@H]3[C@@H]4CCC5CC(OC(C)=O)C(N6CCOCC6)C[C@]5(C)[C@@H]4CC[C@]3(C)C2OC(C)=O)CCCCC1.[Br-]. The molecule has 2 saturated heterocycles. The first-order chi connectivity index (χ1) is 19.6. The highest BCUT2D eigenvalue weighted by Gasteiger charge is 2.67. The molecule has 10 atom stereocenters. The van der Waals surface area contributed by atoms with E-state index in [1.165, 1.54) is 58.0 Å². The summed E-state index contributed by atoms with van der Waals surface area (Å²) in [6, 6.07) is 0.716. The van der Waals surface area contributed by atoms with Crippen LogP contribution in [-0.4, -0.2) is 91.6 Å². The summed E-state index contributed by atoms with van der Waals surface area (Å²) in [5.74, 6) is 2.36. The quantitative estimate of drug-likeness (QED) is 0.335. The molecule has 0 aromatic carbocycles. The van der Waals surface area contributed by atoms with E-state index >= 15 is 0 Å². The molecule has 8 heteroatoms. The first-order valence-electron chi connectivity index (χ1n) is 17.1. The van der Waals surface area contributed by atoms with Gasteiger partial charge in [0.2, 0.25) is 0 Å². The van der Waals surface area contributed by atoms with Crippen LogP contribution in [0, 0.1) is 34.5 Å². The molecule has 6 aliphatic rings. The lowest BCUT2D eigenvalue weighted by molar-refractivity contribution is -0.956. The average Bonchev–Trinajstić information content (AvgIpc) is 3.25. The van der Waals surface area contributed by atoms with Crippen LogP contribution in [0.2, 0.25) is 0 Å². The number of likely N-dealkylation sites (tertiary alicyclic amines) is 1. The molecule has 4 aliphatic carbocycles. The Balaban J connectivity index is 0.00000353. The van der Waals surface area contributed by atoms with E-state index < -0.39 is 0 Å². The molecule has 2 heterocycles. The number of carbonyl (C=O) groups is 2. The van der Waals surface area contributed by atoms with Gasteiger partial charge in [0.15, 0.2) is 6.10 Å². The van der Waals surface area contributed by atoms with E-state index in [0.717, 1.165) is 56.6 Å². The summed E-state index contributed by atoms with van der Waals surface area (Å²) >= 11 is 0. The van der Waals surface area contributed by atoms with Crippen molar-refractivity contribution in [3.63, 3.8) is 0 Å². The number of hydrogen-bond acceptors (Lipinski definition) is 6. The van der Waals surface area contributed by atoms with Crippen molar-refractivity contribution in [3.8, 4) is 0 Å². The number of morpholine rings is 1. The van der Waals surface area contributed by atoms with Gasteiger partial charge in [-0.2, -0.15) is 0 Å². The predicted octanol–water partition coefficient (Wildman–Crippen LogP) is 2.21. The van der Waals surface area contributed by atoms with E-state index in [1.807, 2.05) is 0 Å². The van der Waals surface area contributed by atoms with Crippen molar-refractivity contribution >= 4 is 11.9 Å². The van der Waals surface area contributed by atoms with Crippen LogP contribution in [0.3, 0.4) is 0 Å². The van der Waals surface area contributed by atoms with Crippen molar-refractivity contribution < 1.29 is 45.3 Å². The van der Waals surface area contributed by atoms with Gasteiger partial charge < -0.3 is 35.7 Å². The number of rotatable bonds is 5. The largest absolute Gasteiger partial charge is 1.00 e. The number of nitrogens with zero attached hydrogens (tertiary/aromatic N) is 2. The van der Waals surface area contributed by atoms with Gasteiger partial charge in [0, 0.05) is 44.8 Å². The number of carbonyl (C=O) groups excluding carboxylic acids is 2. The smallest absolute Gasteiger partial charge is 0.303 e. The molecule has 0 N–H and O–H groups in total. The molecule has 4 saturated carbocycles. The fraction of sp³-hybridized carbons (Fsp3) is 0.941. The molecule has 0 radical (unpaired) electrons. The number of fused-ring (bicyclic) bond motifs is 5. The Bertz CT molecular complexity index is 983. The Hall–Kier alpha value is -0.700. The second-order valence-electron chi connectivity index (χ2n) is 15.4. The summed E-state index contributed by atoms with van der Waals surface area (Å²) in [5.41, 5.74) is 0.318. The third-order valence-corrected chi connectivity index (χ3v) is 13.8. The maximum absolute atomic E-state index is 12.6. The number of quaternary nitrogens is 1. The van der Waals surface area contributed by atoms with Crippen molar-refractivity contribution in [2.75, 3.05) is 45.9 Å². The van der Waals surface area contributed by atoms with E-state index in [1.54, 1.807) is 13.8 Å². The predicted molar refractivity (Wildman–Crippen MR) is 158 cm³/mol. The van der Waals surface area contributed by atoms with E-state index in [4.69, 9.17) is 14.2 Å². The van der Waals surface area contributed by atoms with Gasteiger partial charge in [-0.25, -0.2) is 0 Å². The van der Waals surface area contributed by atoms with Crippen LogP contribution in [0.25, 0.3) is 0 Å². The molecule has 2 aliphatic heterocycles. The summed E-state index contributed by atoms with van der Waals surface area (Å²) < 4.78 is 19.3. The van der Waals surface area contributed by atoms with Gasteiger partial charge >= 0.3 is 11.9 Å². The Kier molecular flexibility index (Phi) is 9.80. The van der Waals surface area contributed by atoms with Gasteiger partial charge in [-0.1, -0.05) is 13.8 Å². The van der Waals surface area contributed by atoms with Gasteiger partial charge in [0.25, 0.3) is 0 Å². The standard InChI is InChI=1S/C34H57N2O5.BrH/c1-6-36(16-8-7-9-17-36)30-21-28-26-11-10-25-20-31(40-23(2)37)29(35-14-18-39-19-15-35)22-34(25,5)27(26)12-13-33(28,4)32(30)41-24(3)38;/h25-32H,6-22H2,1-5H3;1H/q+1;/p-1/t25?,26-,27-,28+,29?,30?,31?,32?,33+,34+;/m1./s1. The number of piperidine rings is 1. The molecule has 5 unspecified atom stereocenters. The fourth-order valence-electron chi connectivity index (χ4n) is 11.8. The molecule has 0 aromatic heterocycles. The zero-order valence-corrected chi connectivity index (χ0v) is 28.5. The second-order valence-corrected chi connectivity index (χ2v) is 15.4. The van der Waals surface area contributed by atoms with E-state index in [-0.39, 0.29) is 58.0 Å². The van der Waals surface area contributed by atoms with Gasteiger partial charge in [-0.15, -0.1) is 0 Å². The van der Waals surface area contributed by atoms with Crippen LogP contribution < -0.4 is 17.0 Å². The van der Waals surface area contributed by atoms with E-state index in [0.29, 0.717) is 29.7 Å². The Morgan fingerprint density at radius 2 is 1.60 bits per heavy atom. The molecular formula is C34H57BrN2O5. The highest BCUT2D eigenvalue weighted by atomic mass is 79.9.